The van der Waals surface area contributed by atoms with E-state index in [2.05, 4.69) is 34.3 Å². The molecule has 7 atom stereocenters. The van der Waals surface area contributed by atoms with Gasteiger partial charge in [-0.1, -0.05) is 26.0 Å². The van der Waals surface area contributed by atoms with Gasteiger partial charge in [0, 0.05) is 11.8 Å². The van der Waals surface area contributed by atoms with Crippen LogP contribution >= 0.6 is 0 Å². The molecule has 2 saturated carbocycles. The van der Waals surface area contributed by atoms with Gasteiger partial charge >= 0.3 is 0 Å². The molecule has 2 heteroatoms. The van der Waals surface area contributed by atoms with E-state index in [4.69, 9.17) is 4.74 Å². The van der Waals surface area contributed by atoms with Crippen LogP contribution in [0.2, 0.25) is 0 Å². The van der Waals surface area contributed by atoms with Gasteiger partial charge in [0.2, 0.25) is 0 Å². The van der Waals surface area contributed by atoms with E-state index >= 15 is 0 Å². The van der Waals surface area contributed by atoms with Gasteiger partial charge in [-0.05, 0) is 69.1 Å². The Labute approximate surface area is 134 Å². The second kappa shape index (κ2) is 4.26. The predicted molar refractivity (Wildman–Crippen MR) is 87.5 cm³/mol. The van der Waals surface area contributed by atoms with Crippen molar-refractivity contribution in [2.75, 3.05) is 0 Å². The van der Waals surface area contributed by atoms with Crippen molar-refractivity contribution < 1.29 is 9.53 Å². The Kier molecular flexibility index (Phi) is 2.89. The molecule has 0 amide bonds. The minimum Gasteiger partial charge on any atom is -0.371 e. The molecule has 0 aromatic carbocycles. The summed E-state index contributed by atoms with van der Waals surface area (Å²) in [5.41, 5.74) is 1.35. The number of rotatable bonds is 1. The number of hydrogen-bond donors (Lipinski definition) is 0. The van der Waals surface area contributed by atoms with Gasteiger partial charge in [0.25, 0.3) is 0 Å². The fraction of sp³-hybridized carbons (Fsp3) is 0.850. The highest BCUT2D eigenvalue weighted by Crippen LogP contribution is 2.67. The quantitative estimate of drug-likeness (QED) is 0.665. The van der Waals surface area contributed by atoms with E-state index in [0.717, 1.165) is 12.8 Å². The molecule has 2 nitrogen and oxygen atoms in total. The first-order valence-electron chi connectivity index (χ1n) is 9.07. The summed E-state index contributed by atoms with van der Waals surface area (Å²) >= 11 is 0. The second-order valence-electron chi connectivity index (χ2n) is 9.36. The summed E-state index contributed by atoms with van der Waals surface area (Å²) in [5.74, 6) is 1.94. The smallest absolute Gasteiger partial charge is 0.139 e. The molecule has 2 aliphatic carbocycles. The van der Waals surface area contributed by atoms with Gasteiger partial charge in [-0.15, -0.1) is 0 Å². The summed E-state index contributed by atoms with van der Waals surface area (Å²) in [6, 6.07) is 0. The molecular weight excluding hydrogens is 272 g/mol. The molecule has 7 unspecified atom stereocenters. The first-order valence-corrected chi connectivity index (χ1v) is 9.07. The molecule has 2 saturated heterocycles. The molecule has 0 spiro atoms. The van der Waals surface area contributed by atoms with Crippen molar-refractivity contribution in [2.45, 2.75) is 77.9 Å². The van der Waals surface area contributed by atoms with E-state index in [9.17, 15) is 4.79 Å². The van der Waals surface area contributed by atoms with Gasteiger partial charge in [-0.25, -0.2) is 0 Å². The van der Waals surface area contributed by atoms with E-state index in [1.165, 1.54) is 31.3 Å². The third-order valence-corrected chi connectivity index (χ3v) is 8.18. The van der Waals surface area contributed by atoms with Crippen LogP contribution in [-0.4, -0.2) is 17.5 Å². The van der Waals surface area contributed by atoms with Crippen molar-refractivity contribution in [3.05, 3.63) is 12.2 Å². The Morgan fingerprint density at radius 1 is 1.23 bits per heavy atom. The molecule has 22 heavy (non-hydrogen) atoms. The van der Waals surface area contributed by atoms with E-state index in [1.807, 2.05) is 0 Å². The number of allylic oxidation sites excluding steroid dienone is 1. The number of carbonyl (C=O) groups is 1. The second-order valence-corrected chi connectivity index (χ2v) is 9.36. The number of ether oxygens (including phenoxy) is 1. The van der Waals surface area contributed by atoms with Crippen molar-refractivity contribution in [1.82, 2.24) is 0 Å². The zero-order chi connectivity index (χ0) is 15.9. The Morgan fingerprint density at radius 2 is 1.95 bits per heavy atom. The Bertz CT molecular complexity index is 552. The lowest BCUT2D eigenvalue weighted by Gasteiger charge is -2.43. The van der Waals surface area contributed by atoms with Crippen LogP contribution in [0.4, 0.5) is 0 Å². The first kappa shape index (κ1) is 14.9. The van der Waals surface area contributed by atoms with Crippen LogP contribution in [0.25, 0.3) is 0 Å². The number of Topliss-reactive ketones (excluding diaryl/α,β-unsaturated/α-hetero) is 1. The third kappa shape index (κ3) is 1.63. The maximum Gasteiger partial charge on any atom is 0.139 e. The topological polar surface area (TPSA) is 26.3 Å². The molecule has 122 valence electrons. The van der Waals surface area contributed by atoms with Crippen LogP contribution < -0.4 is 0 Å². The van der Waals surface area contributed by atoms with Crippen molar-refractivity contribution in [3.63, 3.8) is 0 Å². The third-order valence-electron chi connectivity index (χ3n) is 8.18. The van der Waals surface area contributed by atoms with Crippen LogP contribution in [-0.2, 0) is 9.53 Å². The Hall–Kier alpha value is -0.630. The highest BCUT2D eigenvalue weighted by Gasteiger charge is 2.67. The van der Waals surface area contributed by atoms with Crippen LogP contribution in [0.15, 0.2) is 12.2 Å². The van der Waals surface area contributed by atoms with E-state index < -0.39 is 0 Å². The van der Waals surface area contributed by atoms with E-state index in [1.54, 1.807) is 0 Å². The zero-order valence-corrected chi connectivity index (χ0v) is 14.6. The summed E-state index contributed by atoms with van der Waals surface area (Å²) in [7, 11) is 0. The number of fused-ring (bicyclic) bond motifs is 6. The molecular formula is C20H30O2. The Morgan fingerprint density at radius 3 is 2.64 bits per heavy atom. The zero-order valence-electron chi connectivity index (χ0n) is 14.6. The predicted octanol–water partition coefficient (Wildman–Crippen LogP) is 4.53. The van der Waals surface area contributed by atoms with Gasteiger partial charge in [0.05, 0.1) is 11.7 Å². The van der Waals surface area contributed by atoms with Gasteiger partial charge in [-0.2, -0.15) is 0 Å². The summed E-state index contributed by atoms with van der Waals surface area (Å²) < 4.78 is 6.44. The lowest BCUT2D eigenvalue weighted by atomic mass is 9.59. The largest absolute Gasteiger partial charge is 0.371 e. The normalized spacial score (nSPS) is 56.6. The fourth-order valence-corrected chi connectivity index (χ4v) is 6.71. The van der Waals surface area contributed by atoms with Crippen molar-refractivity contribution in [1.29, 1.82) is 0 Å². The van der Waals surface area contributed by atoms with Crippen LogP contribution in [0.5, 0.6) is 0 Å². The number of hydrogen-bond acceptors (Lipinski definition) is 2. The molecule has 0 aromatic heterocycles. The molecule has 4 fully saturated rings. The summed E-state index contributed by atoms with van der Waals surface area (Å²) in [6.07, 6.45) is 6.95. The van der Waals surface area contributed by atoms with Crippen molar-refractivity contribution in [2.24, 2.45) is 28.6 Å². The SMILES string of the molecule is C=C(C)C1CC(=O)C2(C)CC3C4(C)CCC(O4)C3(C)CCC12. The van der Waals surface area contributed by atoms with E-state index in [0.29, 0.717) is 29.6 Å². The summed E-state index contributed by atoms with van der Waals surface area (Å²) in [4.78, 5) is 12.9. The highest BCUT2D eigenvalue weighted by molar-refractivity contribution is 5.88. The Balaban J connectivity index is 1.75. The van der Waals surface area contributed by atoms with Crippen LogP contribution in [0.3, 0.4) is 0 Å². The summed E-state index contributed by atoms with van der Waals surface area (Å²) in [5, 5.41) is 0. The maximum absolute atomic E-state index is 12.9. The maximum atomic E-state index is 12.9. The summed E-state index contributed by atoms with van der Waals surface area (Å²) in [6.45, 7) is 13.3. The number of ketones is 1. The van der Waals surface area contributed by atoms with Gasteiger partial charge in [-0.3, -0.25) is 4.79 Å². The standard InChI is InChI=1S/C20H30O2/c1-12(2)13-10-16(21)19(4)11-15-18(3,8-6-14(13)19)17-7-9-20(15,5)22-17/h13-15,17H,1,6-11H2,2-5H3. The molecule has 2 heterocycles. The molecule has 0 aromatic rings. The monoisotopic (exact) mass is 302 g/mol. The lowest BCUT2D eigenvalue weighted by Crippen LogP contribution is -2.44. The number of carbonyl (C=O) groups excluding carboxylic acids is 1. The first-order chi connectivity index (χ1) is 10.2. The van der Waals surface area contributed by atoms with Crippen LogP contribution in [0.1, 0.15) is 66.2 Å². The van der Waals surface area contributed by atoms with Gasteiger partial charge < -0.3 is 4.74 Å². The average Bonchev–Trinajstić information content (AvgIpc) is 2.97. The molecule has 4 rings (SSSR count). The molecule has 4 aliphatic rings. The highest BCUT2D eigenvalue weighted by atomic mass is 16.5. The minimum atomic E-state index is -0.150. The molecule has 0 radical (unpaired) electrons. The lowest BCUT2D eigenvalue weighted by molar-refractivity contribution is -0.128. The molecule has 2 aliphatic heterocycles. The molecule has 0 N–H and O–H groups in total. The average molecular weight is 302 g/mol. The van der Waals surface area contributed by atoms with Gasteiger partial charge in [0.1, 0.15) is 5.78 Å². The van der Waals surface area contributed by atoms with Gasteiger partial charge in [0.15, 0.2) is 0 Å². The molecule has 2 bridgehead atoms. The van der Waals surface area contributed by atoms with E-state index in [-0.39, 0.29) is 16.4 Å². The van der Waals surface area contributed by atoms with Crippen molar-refractivity contribution >= 4 is 5.78 Å². The minimum absolute atomic E-state index is 0.0128. The van der Waals surface area contributed by atoms with Crippen LogP contribution in [0, 0.1) is 28.6 Å². The van der Waals surface area contributed by atoms with Crippen molar-refractivity contribution in [3.8, 4) is 0 Å². The fourth-order valence-electron chi connectivity index (χ4n) is 6.71.